The molecule has 1 fully saturated rings. The predicted molar refractivity (Wildman–Crippen MR) is 134 cm³/mol. The lowest BCUT2D eigenvalue weighted by atomic mass is 9.98. The normalized spacial score (nSPS) is 15.9. The van der Waals surface area contributed by atoms with Crippen molar-refractivity contribution in [3.05, 3.63) is 46.5 Å². The van der Waals surface area contributed by atoms with Crippen molar-refractivity contribution in [2.75, 3.05) is 30.4 Å². The van der Waals surface area contributed by atoms with Crippen molar-refractivity contribution in [1.29, 1.82) is 0 Å². The summed E-state index contributed by atoms with van der Waals surface area (Å²) < 4.78 is 1.71. The molecule has 10 heteroatoms. The van der Waals surface area contributed by atoms with Gasteiger partial charge in [0, 0.05) is 25.8 Å². The SMILES string of the molecule is CCCCc1ccc(NC(=O)Cn2cnc3nc(N4CCC[C@@H](C(=O)NC)C4)sc3c2=O)cc1. The van der Waals surface area contributed by atoms with Crippen molar-refractivity contribution in [3.8, 4) is 0 Å². The van der Waals surface area contributed by atoms with E-state index in [1.54, 1.807) is 7.05 Å². The van der Waals surface area contributed by atoms with Gasteiger partial charge in [0.1, 0.15) is 17.6 Å². The van der Waals surface area contributed by atoms with Gasteiger partial charge in [-0.3, -0.25) is 19.0 Å². The average molecular weight is 483 g/mol. The quantitative estimate of drug-likeness (QED) is 0.511. The van der Waals surface area contributed by atoms with Crippen LogP contribution < -0.4 is 21.1 Å². The maximum Gasteiger partial charge on any atom is 0.273 e. The Morgan fingerprint density at radius 1 is 1.24 bits per heavy atom. The number of nitrogens with zero attached hydrogens (tertiary/aromatic N) is 4. The van der Waals surface area contributed by atoms with Crippen LogP contribution in [0.4, 0.5) is 10.8 Å². The molecule has 0 unspecified atom stereocenters. The van der Waals surface area contributed by atoms with Gasteiger partial charge >= 0.3 is 0 Å². The van der Waals surface area contributed by atoms with E-state index in [9.17, 15) is 14.4 Å². The van der Waals surface area contributed by atoms with Gasteiger partial charge in [-0.15, -0.1) is 0 Å². The number of carbonyl (C=O) groups excluding carboxylic acids is 2. The summed E-state index contributed by atoms with van der Waals surface area (Å²) in [5, 5.41) is 6.23. The van der Waals surface area contributed by atoms with Crippen LogP contribution in [0.2, 0.25) is 0 Å². The Hall–Kier alpha value is -3.27. The second-order valence-electron chi connectivity index (χ2n) is 8.57. The minimum absolute atomic E-state index is 0.0212. The molecule has 0 saturated carbocycles. The Morgan fingerprint density at radius 2 is 2.03 bits per heavy atom. The summed E-state index contributed by atoms with van der Waals surface area (Å²) in [5.74, 6) is -0.369. The first-order chi connectivity index (χ1) is 16.5. The van der Waals surface area contributed by atoms with Crippen molar-refractivity contribution >= 4 is 44.3 Å². The molecular formula is C24H30N6O3S. The molecule has 0 radical (unpaired) electrons. The number of thiazole rings is 1. The third kappa shape index (κ3) is 5.44. The minimum Gasteiger partial charge on any atom is -0.359 e. The molecule has 2 amide bonds. The predicted octanol–water partition coefficient (Wildman–Crippen LogP) is 2.80. The Kier molecular flexibility index (Phi) is 7.56. The molecule has 1 atom stereocenters. The molecule has 0 aliphatic carbocycles. The molecule has 1 aliphatic rings. The van der Waals surface area contributed by atoms with Gasteiger partial charge in [-0.2, -0.15) is 4.98 Å². The van der Waals surface area contributed by atoms with E-state index >= 15 is 0 Å². The summed E-state index contributed by atoms with van der Waals surface area (Å²) >= 11 is 1.26. The van der Waals surface area contributed by atoms with E-state index in [4.69, 9.17) is 0 Å². The minimum atomic E-state index is -0.293. The molecule has 1 saturated heterocycles. The van der Waals surface area contributed by atoms with Crippen LogP contribution in [0.15, 0.2) is 35.4 Å². The molecule has 2 N–H and O–H groups in total. The number of hydrogen-bond donors (Lipinski definition) is 2. The number of fused-ring (bicyclic) bond motifs is 1. The van der Waals surface area contributed by atoms with Crippen molar-refractivity contribution in [3.63, 3.8) is 0 Å². The molecule has 34 heavy (non-hydrogen) atoms. The molecule has 0 bridgehead atoms. The highest BCUT2D eigenvalue weighted by atomic mass is 32.1. The first-order valence-electron chi connectivity index (χ1n) is 11.7. The Bertz CT molecular complexity index is 1220. The molecule has 1 aromatic carbocycles. The number of unbranched alkanes of at least 4 members (excludes halogenated alkanes) is 1. The van der Waals surface area contributed by atoms with Gasteiger partial charge in [0.05, 0.1) is 5.92 Å². The van der Waals surface area contributed by atoms with Gasteiger partial charge in [0.2, 0.25) is 11.8 Å². The topological polar surface area (TPSA) is 109 Å². The van der Waals surface area contributed by atoms with Crippen molar-refractivity contribution in [1.82, 2.24) is 19.9 Å². The summed E-state index contributed by atoms with van der Waals surface area (Å²) in [4.78, 5) is 48.5. The first kappa shape index (κ1) is 23.9. The van der Waals surface area contributed by atoms with Gasteiger partial charge in [-0.05, 0) is 43.4 Å². The number of anilines is 2. The van der Waals surface area contributed by atoms with E-state index < -0.39 is 0 Å². The molecule has 2 aromatic heterocycles. The van der Waals surface area contributed by atoms with Crippen LogP contribution in [-0.4, -0.2) is 46.5 Å². The van der Waals surface area contributed by atoms with Gasteiger partial charge in [-0.25, -0.2) is 4.98 Å². The lowest BCUT2D eigenvalue weighted by Gasteiger charge is -2.31. The fourth-order valence-corrected chi connectivity index (χ4v) is 5.15. The molecule has 3 aromatic rings. The Balaban J connectivity index is 1.44. The van der Waals surface area contributed by atoms with E-state index in [1.165, 1.54) is 27.8 Å². The molecular weight excluding hydrogens is 452 g/mol. The monoisotopic (exact) mass is 482 g/mol. The largest absolute Gasteiger partial charge is 0.359 e. The number of carbonyl (C=O) groups is 2. The standard InChI is InChI=1S/C24H30N6O3S/c1-3-4-6-16-8-10-18(11-9-16)27-19(31)14-30-15-26-21-20(23(30)33)34-24(28-21)29-12-5-7-17(13-29)22(32)25-2/h8-11,15,17H,3-7,12-14H2,1-2H3,(H,25,32)(H,27,31)/t17-/m1/s1. The van der Waals surface area contributed by atoms with Crippen LogP contribution in [0.25, 0.3) is 10.3 Å². The highest BCUT2D eigenvalue weighted by Crippen LogP contribution is 2.29. The zero-order valence-electron chi connectivity index (χ0n) is 19.5. The number of hydrogen-bond acceptors (Lipinski definition) is 7. The zero-order chi connectivity index (χ0) is 24.1. The molecule has 3 heterocycles. The van der Waals surface area contributed by atoms with E-state index in [2.05, 4.69) is 27.5 Å². The van der Waals surface area contributed by atoms with E-state index in [0.717, 1.165) is 38.6 Å². The number of amides is 2. The number of piperidine rings is 1. The summed E-state index contributed by atoms with van der Waals surface area (Å²) in [7, 11) is 1.64. The highest BCUT2D eigenvalue weighted by molar-refractivity contribution is 7.22. The number of aromatic nitrogens is 3. The van der Waals surface area contributed by atoms with Gasteiger partial charge in [-0.1, -0.05) is 36.8 Å². The number of rotatable bonds is 8. The summed E-state index contributed by atoms with van der Waals surface area (Å²) in [6.07, 6.45) is 6.38. The number of aryl methyl sites for hydroxylation is 1. The van der Waals surface area contributed by atoms with Crippen LogP contribution in [0.5, 0.6) is 0 Å². The van der Waals surface area contributed by atoms with E-state index in [1.807, 2.05) is 29.2 Å². The van der Waals surface area contributed by atoms with Crippen LogP contribution in [-0.2, 0) is 22.6 Å². The Morgan fingerprint density at radius 3 is 2.76 bits per heavy atom. The first-order valence-corrected chi connectivity index (χ1v) is 12.5. The van der Waals surface area contributed by atoms with Crippen LogP contribution in [0.1, 0.15) is 38.2 Å². The van der Waals surface area contributed by atoms with Crippen LogP contribution in [0, 0.1) is 5.92 Å². The van der Waals surface area contributed by atoms with E-state index in [-0.39, 0.29) is 29.8 Å². The lowest BCUT2D eigenvalue weighted by molar-refractivity contribution is -0.124. The third-order valence-electron chi connectivity index (χ3n) is 6.05. The number of benzene rings is 1. The maximum atomic E-state index is 13.0. The molecule has 1 aliphatic heterocycles. The zero-order valence-corrected chi connectivity index (χ0v) is 20.4. The summed E-state index contributed by atoms with van der Waals surface area (Å²) in [5.41, 5.74) is 2.01. The van der Waals surface area contributed by atoms with E-state index in [0.29, 0.717) is 27.7 Å². The van der Waals surface area contributed by atoms with Crippen molar-refractivity contribution in [2.24, 2.45) is 5.92 Å². The van der Waals surface area contributed by atoms with Crippen LogP contribution >= 0.6 is 11.3 Å². The smallest absolute Gasteiger partial charge is 0.273 e. The summed E-state index contributed by atoms with van der Waals surface area (Å²) in [6, 6.07) is 7.79. The van der Waals surface area contributed by atoms with Gasteiger partial charge < -0.3 is 15.5 Å². The molecule has 0 spiro atoms. The average Bonchev–Trinajstić information content (AvgIpc) is 3.30. The fourth-order valence-electron chi connectivity index (χ4n) is 4.14. The second kappa shape index (κ2) is 10.8. The molecule has 4 rings (SSSR count). The molecule has 9 nitrogen and oxygen atoms in total. The lowest BCUT2D eigenvalue weighted by Crippen LogP contribution is -2.42. The second-order valence-corrected chi connectivity index (χ2v) is 9.55. The third-order valence-corrected chi connectivity index (χ3v) is 7.15. The molecule has 180 valence electrons. The van der Waals surface area contributed by atoms with Crippen molar-refractivity contribution < 1.29 is 9.59 Å². The Labute approximate surface area is 202 Å². The van der Waals surface area contributed by atoms with Gasteiger partial charge in [0.15, 0.2) is 10.8 Å². The maximum absolute atomic E-state index is 13.0. The van der Waals surface area contributed by atoms with Crippen molar-refractivity contribution in [2.45, 2.75) is 45.6 Å². The number of nitrogens with one attached hydrogen (secondary N) is 2. The van der Waals surface area contributed by atoms with Crippen LogP contribution in [0.3, 0.4) is 0 Å². The summed E-state index contributed by atoms with van der Waals surface area (Å²) in [6.45, 7) is 3.37. The van der Waals surface area contributed by atoms with Gasteiger partial charge in [0.25, 0.3) is 5.56 Å². The fraction of sp³-hybridized carbons (Fsp3) is 0.458. The highest BCUT2D eigenvalue weighted by Gasteiger charge is 2.27.